The Balaban J connectivity index is 1.79. The number of amides is 1. The molecule has 10 nitrogen and oxygen atoms in total. The Morgan fingerprint density at radius 3 is 2.68 bits per heavy atom. The van der Waals surface area contributed by atoms with Crippen LogP contribution in [0.4, 0.5) is 4.79 Å². The molecule has 1 unspecified atom stereocenters. The number of nitriles is 1. The fourth-order valence-corrected chi connectivity index (χ4v) is 3.67. The van der Waals surface area contributed by atoms with E-state index in [0.717, 1.165) is 4.57 Å². The molecule has 172 valence electrons. The van der Waals surface area contributed by atoms with Crippen LogP contribution in [0.3, 0.4) is 0 Å². The van der Waals surface area contributed by atoms with E-state index < -0.39 is 18.1 Å². The van der Waals surface area contributed by atoms with Crippen molar-refractivity contribution in [2.45, 2.75) is 6.10 Å². The molecule has 2 aromatic heterocycles. The van der Waals surface area contributed by atoms with Gasteiger partial charge in [0.15, 0.2) is 0 Å². The minimum Gasteiger partial charge on any atom is -0.490 e. The maximum absolute atomic E-state index is 12.4. The third-order valence-electron chi connectivity index (χ3n) is 5.20. The van der Waals surface area contributed by atoms with E-state index in [2.05, 4.69) is 11.1 Å². The number of hydrogen-bond acceptors (Lipinski definition) is 7. The second-order valence-electron chi connectivity index (χ2n) is 7.28. The van der Waals surface area contributed by atoms with Gasteiger partial charge >= 0.3 is 6.09 Å². The number of carbonyl (C=O) groups is 2. The van der Waals surface area contributed by atoms with Crippen molar-refractivity contribution in [2.75, 3.05) is 20.3 Å². The van der Waals surface area contributed by atoms with E-state index in [-0.39, 0.29) is 17.9 Å². The summed E-state index contributed by atoms with van der Waals surface area (Å²) in [6.45, 7) is 0.605. The number of nitrogens with zero attached hydrogens (tertiary/aromatic N) is 3. The first-order valence-corrected chi connectivity index (χ1v) is 10.2. The molecule has 0 saturated carbocycles. The van der Waals surface area contributed by atoms with Gasteiger partial charge in [0, 0.05) is 41.9 Å². The highest BCUT2D eigenvalue weighted by Gasteiger charge is 2.27. The van der Waals surface area contributed by atoms with Crippen molar-refractivity contribution in [3.05, 3.63) is 66.0 Å². The molecule has 0 aliphatic carbocycles. The van der Waals surface area contributed by atoms with Crippen LogP contribution in [0.2, 0.25) is 0 Å². The highest BCUT2D eigenvalue weighted by Crippen LogP contribution is 2.35. The van der Waals surface area contributed by atoms with E-state index in [1.807, 2.05) is 0 Å². The Hall–Kier alpha value is -4.62. The van der Waals surface area contributed by atoms with E-state index in [4.69, 9.17) is 19.9 Å². The highest BCUT2D eigenvalue weighted by atomic mass is 16.5. The Morgan fingerprint density at radius 2 is 1.97 bits per heavy atom. The van der Waals surface area contributed by atoms with Crippen molar-refractivity contribution < 1.29 is 28.9 Å². The molecule has 4 rings (SSSR count). The van der Waals surface area contributed by atoms with Gasteiger partial charge in [-0.1, -0.05) is 18.2 Å². The van der Waals surface area contributed by atoms with Crippen LogP contribution in [0, 0.1) is 11.3 Å². The maximum Gasteiger partial charge on any atom is 0.416 e. The Bertz CT molecular complexity index is 1440. The van der Waals surface area contributed by atoms with Gasteiger partial charge in [-0.05, 0) is 18.2 Å². The van der Waals surface area contributed by atoms with Gasteiger partial charge in [0.2, 0.25) is 6.10 Å². The van der Waals surface area contributed by atoms with Crippen molar-refractivity contribution in [3.8, 4) is 17.6 Å². The Kier molecular flexibility index (Phi) is 6.29. The van der Waals surface area contributed by atoms with Gasteiger partial charge in [-0.2, -0.15) is 5.26 Å². The Labute approximate surface area is 193 Å². The molecule has 0 bridgehead atoms. The number of rotatable bonds is 8. The SMILES string of the molecule is COCCOc1cc2nccc(OC(C(N)=O)c3cn(C(=O)O)c4ccccc34)c2cc1C#N. The van der Waals surface area contributed by atoms with Gasteiger partial charge in [-0.25, -0.2) is 4.79 Å². The molecular weight excluding hydrogens is 440 g/mol. The van der Waals surface area contributed by atoms with Gasteiger partial charge in [-0.15, -0.1) is 0 Å². The van der Waals surface area contributed by atoms with Crippen molar-refractivity contribution in [2.24, 2.45) is 5.73 Å². The first-order valence-electron chi connectivity index (χ1n) is 10.2. The summed E-state index contributed by atoms with van der Waals surface area (Å²) in [6, 6.07) is 13.5. The maximum atomic E-state index is 12.4. The quantitative estimate of drug-likeness (QED) is 0.381. The van der Waals surface area contributed by atoms with Crippen LogP contribution in [-0.4, -0.2) is 47.0 Å². The van der Waals surface area contributed by atoms with Gasteiger partial charge in [-0.3, -0.25) is 14.3 Å². The lowest BCUT2D eigenvalue weighted by Crippen LogP contribution is -2.26. The first-order chi connectivity index (χ1) is 16.4. The fraction of sp³-hybridized carbons (Fsp3) is 0.167. The molecule has 0 aliphatic heterocycles. The molecule has 0 fully saturated rings. The lowest BCUT2D eigenvalue weighted by molar-refractivity contribution is -0.124. The molecule has 0 saturated heterocycles. The average molecular weight is 460 g/mol. The number of para-hydroxylation sites is 1. The second kappa shape index (κ2) is 9.48. The van der Waals surface area contributed by atoms with Crippen LogP contribution in [0.5, 0.6) is 11.5 Å². The number of aromatic nitrogens is 2. The van der Waals surface area contributed by atoms with E-state index in [1.54, 1.807) is 49.6 Å². The predicted molar refractivity (Wildman–Crippen MR) is 122 cm³/mol. The minimum atomic E-state index is -1.29. The van der Waals surface area contributed by atoms with E-state index in [1.165, 1.54) is 12.4 Å². The number of benzene rings is 2. The summed E-state index contributed by atoms with van der Waals surface area (Å²) in [5.74, 6) is -0.216. The highest BCUT2D eigenvalue weighted by molar-refractivity contribution is 5.96. The number of methoxy groups -OCH3 is 1. The summed E-state index contributed by atoms with van der Waals surface area (Å²) in [6.07, 6.45) is 0.300. The summed E-state index contributed by atoms with van der Waals surface area (Å²) in [7, 11) is 1.54. The van der Waals surface area contributed by atoms with Crippen LogP contribution in [-0.2, 0) is 9.53 Å². The van der Waals surface area contributed by atoms with E-state index >= 15 is 0 Å². The lowest BCUT2D eigenvalue weighted by atomic mass is 10.1. The number of nitrogens with two attached hydrogens (primary N) is 1. The van der Waals surface area contributed by atoms with E-state index in [0.29, 0.717) is 39.7 Å². The standard InChI is InChI=1S/C24H20N4O6/c1-32-8-9-33-21-11-18-16(10-14(21)12-25)20(6-7-27-18)34-22(23(26)29)17-13-28(24(30)31)19-5-3-2-4-15(17)19/h2-7,10-11,13,22H,8-9H2,1H3,(H2,26,29)(H,30,31). The zero-order valence-corrected chi connectivity index (χ0v) is 18.1. The molecule has 0 aliphatic rings. The third kappa shape index (κ3) is 4.20. The van der Waals surface area contributed by atoms with Crippen LogP contribution < -0.4 is 15.2 Å². The zero-order valence-electron chi connectivity index (χ0n) is 18.1. The molecule has 2 aromatic carbocycles. The molecule has 0 radical (unpaired) electrons. The largest absolute Gasteiger partial charge is 0.490 e. The summed E-state index contributed by atoms with van der Waals surface area (Å²) >= 11 is 0. The van der Waals surface area contributed by atoms with Gasteiger partial charge in [0.05, 0.1) is 23.2 Å². The fourth-order valence-electron chi connectivity index (χ4n) is 3.67. The van der Waals surface area contributed by atoms with Crippen LogP contribution in [0.1, 0.15) is 17.2 Å². The number of pyridine rings is 1. The number of carbonyl (C=O) groups excluding carboxylic acids is 1. The van der Waals surface area contributed by atoms with Crippen molar-refractivity contribution in [3.63, 3.8) is 0 Å². The van der Waals surface area contributed by atoms with Crippen molar-refractivity contribution in [1.82, 2.24) is 9.55 Å². The number of primary amides is 1. The third-order valence-corrected chi connectivity index (χ3v) is 5.20. The predicted octanol–water partition coefficient (Wildman–Crippen LogP) is 3.22. The molecule has 1 atom stereocenters. The molecule has 0 spiro atoms. The van der Waals surface area contributed by atoms with Crippen molar-refractivity contribution >= 4 is 33.8 Å². The topological polar surface area (TPSA) is 150 Å². The zero-order chi connectivity index (χ0) is 24.2. The van der Waals surface area contributed by atoms with Crippen LogP contribution in [0.15, 0.2) is 54.9 Å². The van der Waals surface area contributed by atoms with Crippen LogP contribution in [0.25, 0.3) is 21.8 Å². The lowest BCUT2D eigenvalue weighted by Gasteiger charge is -2.17. The molecule has 3 N–H and O–H groups in total. The van der Waals surface area contributed by atoms with Gasteiger partial charge in [0.1, 0.15) is 24.2 Å². The first kappa shape index (κ1) is 22.6. The van der Waals surface area contributed by atoms with Crippen LogP contribution >= 0.6 is 0 Å². The monoisotopic (exact) mass is 460 g/mol. The molecule has 2 heterocycles. The summed E-state index contributed by atoms with van der Waals surface area (Å²) in [4.78, 5) is 28.4. The molecular formula is C24H20N4O6. The second-order valence-corrected chi connectivity index (χ2v) is 7.28. The van der Waals surface area contributed by atoms with Gasteiger partial charge < -0.3 is 25.1 Å². The summed E-state index contributed by atoms with van der Waals surface area (Å²) < 4.78 is 17.6. The number of carboxylic acid groups (broad SMARTS) is 1. The van der Waals surface area contributed by atoms with Gasteiger partial charge in [0.25, 0.3) is 5.91 Å². The number of fused-ring (bicyclic) bond motifs is 2. The molecule has 4 aromatic rings. The molecule has 10 heteroatoms. The number of ether oxygens (including phenoxy) is 3. The normalized spacial score (nSPS) is 11.8. The number of hydrogen-bond donors (Lipinski definition) is 2. The molecule has 34 heavy (non-hydrogen) atoms. The van der Waals surface area contributed by atoms with E-state index in [9.17, 15) is 20.0 Å². The minimum absolute atomic E-state index is 0.250. The summed E-state index contributed by atoms with van der Waals surface area (Å²) in [5, 5.41) is 20.1. The average Bonchev–Trinajstić information content (AvgIpc) is 3.21. The molecule has 1 amide bonds. The Morgan fingerprint density at radius 1 is 1.18 bits per heavy atom. The smallest absolute Gasteiger partial charge is 0.416 e. The van der Waals surface area contributed by atoms with Crippen molar-refractivity contribution in [1.29, 1.82) is 5.26 Å². The summed E-state index contributed by atoms with van der Waals surface area (Å²) in [5.41, 5.74) is 7.08.